The highest BCUT2D eigenvalue weighted by Crippen LogP contribution is 2.23. The Labute approximate surface area is 119 Å². The van der Waals surface area contributed by atoms with Gasteiger partial charge >= 0.3 is 0 Å². The summed E-state index contributed by atoms with van der Waals surface area (Å²) in [6, 6.07) is 6.08. The molecule has 0 aliphatic carbocycles. The van der Waals surface area contributed by atoms with Crippen LogP contribution in [-0.2, 0) is 13.5 Å². The topological polar surface area (TPSA) is 46.9 Å². The van der Waals surface area contributed by atoms with Gasteiger partial charge in [0.1, 0.15) is 0 Å². The van der Waals surface area contributed by atoms with Crippen LogP contribution in [0.2, 0.25) is 0 Å². The molecule has 4 nitrogen and oxygen atoms in total. The van der Waals surface area contributed by atoms with E-state index in [0.717, 1.165) is 34.6 Å². The van der Waals surface area contributed by atoms with Crippen molar-refractivity contribution in [2.24, 2.45) is 7.05 Å². The fourth-order valence-electron chi connectivity index (χ4n) is 2.48. The quantitative estimate of drug-likeness (QED) is 0.932. The van der Waals surface area contributed by atoms with Gasteiger partial charge in [-0.1, -0.05) is 25.1 Å². The van der Waals surface area contributed by atoms with Crippen LogP contribution >= 0.6 is 0 Å². The minimum absolute atomic E-state index is 0.0860. The number of nitrogens with zero attached hydrogens (tertiary/aromatic N) is 2. The summed E-state index contributed by atoms with van der Waals surface area (Å²) in [6.07, 6.45) is 0.891. The third kappa shape index (κ3) is 2.46. The third-order valence-corrected chi connectivity index (χ3v) is 3.71. The molecule has 0 atom stereocenters. The lowest BCUT2D eigenvalue weighted by atomic mass is 10.1. The highest BCUT2D eigenvalue weighted by Gasteiger charge is 2.18. The molecule has 0 bridgehead atoms. The molecule has 0 radical (unpaired) electrons. The maximum atomic E-state index is 12.5. The molecule has 0 fully saturated rings. The molecule has 1 N–H and O–H groups in total. The number of hydrogen-bond donors (Lipinski definition) is 1. The van der Waals surface area contributed by atoms with E-state index in [0.29, 0.717) is 5.56 Å². The average molecular weight is 271 g/mol. The summed E-state index contributed by atoms with van der Waals surface area (Å²) >= 11 is 0. The fourth-order valence-corrected chi connectivity index (χ4v) is 2.48. The van der Waals surface area contributed by atoms with Gasteiger partial charge in [-0.05, 0) is 38.3 Å². The van der Waals surface area contributed by atoms with Crippen LogP contribution in [0.5, 0.6) is 0 Å². The van der Waals surface area contributed by atoms with Crippen molar-refractivity contribution in [1.29, 1.82) is 0 Å². The van der Waals surface area contributed by atoms with E-state index in [4.69, 9.17) is 0 Å². The summed E-state index contributed by atoms with van der Waals surface area (Å²) in [5.41, 5.74) is 5.45. The molecule has 0 spiro atoms. The van der Waals surface area contributed by atoms with E-state index >= 15 is 0 Å². The maximum absolute atomic E-state index is 12.5. The standard InChI is InChI=1S/C16H21N3O/c1-6-13-9-7-8-10(2)15(13)17-16(20)14-11(3)18-19(5)12(14)4/h7-9H,6H2,1-5H3,(H,17,20). The zero-order chi connectivity index (χ0) is 14.9. The Kier molecular flexibility index (Phi) is 3.93. The number of aryl methyl sites for hydroxylation is 4. The molecule has 1 amide bonds. The second-order valence-electron chi connectivity index (χ2n) is 5.09. The normalized spacial score (nSPS) is 10.7. The largest absolute Gasteiger partial charge is 0.321 e. The van der Waals surface area contributed by atoms with Crippen molar-refractivity contribution in [3.8, 4) is 0 Å². The van der Waals surface area contributed by atoms with Crippen molar-refractivity contribution in [2.75, 3.05) is 5.32 Å². The first kappa shape index (κ1) is 14.3. The van der Waals surface area contributed by atoms with E-state index in [-0.39, 0.29) is 5.91 Å². The summed E-state index contributed by atoms with van der Waals surface area (Å²) in [6.45, 7) is 7.87. The van der Waals surface area contributed by atoms with Crippen molar-refractivity contribution in [3.05, 3.63) is 46.3 Å². The number of para-hydroxylation sites is 1. The van der Waals surface area contributed by atoms with Crippen molar-refractivity contribution in [2.45, 2.75) is 34.1 Å². The van der Waals surface area contributed by atoms with Crippen LogP contribution in [0.4, 0.5) is 5.69 Å². The van der Waals surface area contributed by atoms with Crippen LogP contribution in [0, 0.1) is 20.8 Å². The second-order valence-corrected chi connectivity index (χ2v) is 5.09. The molecular formula is C16H21N3O. The summed E-state index contributed by atoms with van der Waals surface area (Å²) in [4.78, 5) is 12.5. The Morgan fingerprint density at radius 2 is 2.00 bits per heavy atom. The molecule has 0 aliphatic rings. The third-order valence-electron chi connectivity index (χ3n) is 3.71. The number of hydrogen-bond acceptors (Lipinski definition) is 2. The Morgan fingerprint density at radius 3 is 2.55 bits per heavy atom. The first-order valence-corrected chi connectivity index (χ1v) is 6.85. The number of carbonyl (C=O) groups excluding carboxylic acids is 1. The minimum Gasteiger partial charge on any atom is -0.321 e. The Bertz CT molecular complexity index is 656. The SMILES string of the molecule is CCc1cccc(C)c1NC(=O)c1c(C)nn(C)c1C. The Balaban J connectivity index is 2.38. The number of aromatic nitrogens is 2. The molecular weight excluding hydrogens is 250 g/mol. The molecule has 20 heavy (non-hydrogen) atoms. The number of nitrogens with one attached hydrogen (secondary N) is 1. The lowest BCUT2D eigenvalue weighted by Crippen LogP contribution is -2.16. The van der Waals surface area contributed by atoms with E-state index in [2.05, 4.69) is 17.3 Å². The predicted octanol–water partition coefficient (Wildman–Crippen LogP) is 3.16. The summed E-state index contributed by atoms with van der Waals surface area (Å²) in [7, 11) is 1.85. The van der Waals surface area contributed by atoms with Crippen LogP contribution < -0.4 is 5.32 Å². The van der Waals surface area contributed by atoms with Gasteiger partial charge in [-0.3, -0.25) is 9.48 Å². The van der Waals surface area contributed by atoms with Crippen LogP contribution in [0.3, 0.4) is 0 Å². The van der Waals surface area contributed by atoms with Crippen molar-refractivity contribution in [3.63, 3.8) is 0 Å². The predicted molar refractivity (Wildman–Crippen MR) is 81.2 cm³/mol. The Morgan fingerprint density at radius 1 is 1.30 bits per heavy atom. The van der Waals surface area contributed by atoms with Gasteiger partial charge in [0, 0.05) is 18.4 Å². The van der Waals surface area contributed by atoms with Crippen LogP contribution in [0.1, 0.15) is 39.8 Å². The highest BCUT2D eigenvalue weighted by atomic mass is 16.1. The molecule has 0 saturated carbocycles. The zero-order valence-electron chi connectivity index (χ0n) is 12.7. The van der Waals surface area contributed by atoms with Crippen LogP contribution in [0.15, 0.2) is 18.2 Å². The van der Waals surface area contributed by atoms with Gasteiger partial charge in [0.25, 0.3) is 5.91 Å². The Hall–Kier alpha value is -2.10. The molecule has 4 heteroatoms. The van der Waals surface area contributed by atoms with Crippen molar-refractivity contribution in [1.82, 2.24) is 9.78 Å². The van der Waals surface area contributed by atoms with Gasteiger partial charge in [0.2, 0.25) is 0 Å². The first-order valence-electron chi connectivity index (χ1n) is 6.85. The maximum Gasteiger partial charge on any atom is 0.259 e. The fraction of sp³-hybridized carbons (Fsp3) is 0.375. The number of amides is 1. The molecule has 2 aromatic rings. The molecule has 0 aliphatic heterocycles. The smallest absolute Gasteiger partial charge is 0.259 e. The average Bonchev–Trinajstić information content (AvgIpc) is 2.65. The lowest BCUT2D eigenvalue weighted by molar-refractivity contribution is 0.102. The summed E-state index contributed by atoms with van der Waals surface area (Å²) in [5, 5.41) is 7.34. The summed E-state index contributed by atoms with van der Waals surface area (Å²) < 4.78 is 1.74. The van der Waals surface area contributed by atoms with Gasteiger partial charge < -0.3 is 5.32 Å². The molecule has 1 aromatic heterocycles. The molecule has 1 heterocycles. The second kappa shape index (κ2) is 5.49. The van der Waals surface area contributed by atoms with Gasteiger partial charge in [-0.2, -0.15) is 5.10 Å². The van der Waals surface area contributed by atoms with Crippen molar-refractivity contribution < 1.29 is 4.79 Å². The van der Waals surface area contributed by atoms with Gasteiger partial charge in [-0.25, -0.2) is 0 Å². The minimum atomic E-state index is -0.0860. The molecule has 0 unspecified atom stereocenters. The number of benzene rings is 1. The zero-order valence-corrected chi connectivity index (χ0v) is 12.7. The monoisotopic (exact) mass is 271 g/mol. The van der Waals surface area contributed by atoms with E-state index in [1.807, 2.05) is 46.0 Å². The van der Waals surface area contributed by atoms with E-state index in [9.17, 15) is 4.79 Å². The number of anilines is 1. The molecule has 1 aromatic carbocycles. The summed E-state index contributed by atoms with van der Waals surface area (Å²) in [5.74, 6) is -0.0860. The molecule has 2 rings (SSSR count). The first-order chi connectivity index (χ1) is 9.45. The molecule has 0 saturated heterocycles. The highest BCUT2D eigenvalue weighted by molar-refractivity contribution is 6.06. The van der Waals surface area contributed by atoms with Gasteiger partial charge in [0.05, 0.1) is 11.3 Å². The number of rotatable bonds is 3. The molecule has 106 valence electrons. The van der Waals surface area contributed by atoms with E-state index < -0.39 is 0 Å². The van der Waals surface area contributed by atoms with Crippen molar-refractivity contribution >= 4 is 11.6 Å². The van der Waals surface area contributed by atoms with Crippen LogP contribution in [0.25, 0.3) is 0 Å². The van der Waals surface area contributed by atoms with E-state index in [1.54, 1.807) is 4.68 Å². The van der Waals surface area contributed by atoms with E-state index in [1.165, 1.54) is 0 Å². The van der Waals surface area contributed by atoms with Crippen LogP contribution in [-0.4, -0.2) is 15.7 Å². The lowest BCUT2D eigenvalue weighted by Gasteiger charge is -2.13. The van der Waals surface area contributed by atoms with Gasteiger partial charge in [-0.15, -0.1) is 0 Å². The number of carbonyl (C=O) groups is 1. The van der Waals surface area contributed by atoms with Gasteiger partial charge in [0.15, 0.2) is 0 Å².